The Bertz CT molecular complexity index is 598. The Hall–Kier alpha value is -1.77. The van der Waals surface area contributed by atoms with Crippen molar-refractivity contribution in [2.45, 2.75) is 32.2 Å². The van der Waals surface area contributed by atoms with Gasteiger partial charge in [0.2, 0.25) is 5.91 Å². The van der Waals surface area contributed by atoms with E-state index in [1.165, 1.54) is 12.8 Å². The number of nitrogens with zero attached hydrogens (tertiary/aromatic N) is 1. The number of carbonyl (C=O) groups excluding carboxylic acids is 1. The molecule has 2 aromatic rings. The van der Waals surface area contributed by atoms with Crippen molar-refractivity contribution in [1.82, 2.24) is 9.88 Å². The first kappa shape index (κ1) is 12.3. The average Bonchev–Trinajstić information content (AvgIpc) is 3.20. The van der Waals surface area contributed by atoms with E-state index in [4.69, 9.17) is 0 Å². The summed E-state index contributed by atoms with van der Waals surface area (Å²) in [5.41, 5.74) is 2.19. The van der Waals surface area contributed by atoms with Crippen LogP contribution in [-0.2, 0) is 11.2 Å². The predicted molar refractivity (Wildman–Crippen MR) is 77.0 cm³/mol. The number of hydrogen-bond donors (Lipinski definition) is 1. The smallest absolute Gasteiger partial charge is 0.227 e. The summed E-state index contributed by atoms with van der Waals surface area (Å²) in [4.78, 5) is 17.5. The zero-order valence-corrected chi connectivity index (χ0v) is 11.5. The minimum absolute atomic E-state index is 0.212. The fourth-order valence-electron chi connectivity index (χ4n) is 2.69. The fourth-order valence-corrected chi connectivity index (χ4v) is 2.69. The van der Waals surface area contributed by atoms with Crippen LogP contribution in [0.4, 0.5) is 0 Å². The quantitative estimate of drug-likeness (QED) is 0.897. The molecule has 1 N–H and O–H groups in total. The van der Waals surface area contributed by atoms with Gasteiger partial charge in [0.1, 0.15) is 0 Å². The summed E-state index contributed by atoms with van der Waals surface area (Å²) >= 11 is 0. The van der Waals surface area contributed by atoms with E-state index in [1.54, 1.807) is 0 Å². The summed E-state index contributed by atoms with van der Waals surface area (Å²) in [5, 5.41) is 1.16. The van der Waals surface area contributed by atoms with E-state index in [0.29, 0.717) is 12.5 Å². The number of para-hydroxylation sites is 1. The number of carbonyl (C=O) groups is 1. The molecular weight excluding hydrogens is 236 g/mol. The topological polar surface area (TPSA) is 36.1 Å². The second kappa shape index (κ2) is 4.72. The van der Waals surface area contributed by atoms with E-state index < -0.39 is 0 Å². The Morgan fingerprint density at radius 3 is 2.89 bits per heavy atom. The van der Waals surface area contributed by atoms with Crippen LogP contribution in [0, 0.1) is 5.92 Å². The van der Waals surface area contributed by atoms with Crippen molar-refractivity contribution in [3.8, 4) is 0 Å². The predicted octanol–water partition coefficient (Wildman–Crippen LogP) is 2.97. The summed E-state index contributed by atoms with van der Waals surface area (Å²) in [6.07, 6.45) is 4.98. The molecule has 0 saturated heterocycles. The molecule has 3 nitrogen and oxygen atoms in total. The Morgan fingerprint density at radius 2 is 2.16 bits per heavy atom. The molecule has 3 heteroatoms. The maximum atomic E-state index is 12.3. The lowest BCUT2D eigenvalue weighted by molar-refractivity contribution is -0.131. The van der Waals surface area contributed by atoms with Crippen LogP contribution in [0.25, 0.3) is 10.9 Å². The van der Waals surface area contributed by atoms with Crippen LogP contribution in [0.5, 0.6) is 0 Å². The van der Waals surface area contributed by atoms with Crippen LogP contribution in [0.15, 0.2) is 30.5 Å². The van der Waals surface area contributed by atoms with Gasteiger partial charge in [-0.15, -0.1) is 0 Å². The van der Waals surface area contributed by atoms with Crippen molar-refractivity contribution in [3.63, 3.8) is 0 Å². The third-order valence-electron chi connectivity index (χ3n) is 4.33. The molecule has 1 aliphatic rings. The van der Waals surface area contributed by atoms with E-state index in [0.717, 1.165) is 22.4 Å². The number of H-pyrrole nitrogens is 1. The molecule has 100 valence electrons. The highest BCUT2D eigenvalue weighted by Gasteiger charge is 2.32. The minimum Gasteiger partial charge on any atom is -0.361 e. The first-order valence-corrected chi connectivity index (χ1v) is 6.97. The van der Waals surface area contributed by atoms with Crippen LogP contribution in [0.3, 0.4) is 0 Å². The fraction of sp³-hybridized carbons (Fsp3) is 0.438. The molecule has 1 atom stereocenters. The first-order chi connectivity index (χ1) is 9.16. The standard InChI is InChI=1S/C16H20N2O/c1-11(12-7-8-12)18(2)16(19)9-13-10-17-15-6-4-3-5-14(13)15/h3-6,10-12,17H,7-9H2,1-2H3/t11-/m1/s1. The zero-order chi connectivity index (χ0) is 13.4. The minimum atomic E-state index is 0.212. The maximum absolute atomic E-state index is 12.3. The summed E-state index contributed by atoms with van der Waals surface area (Å²) < 4.78 is 0. The Kier molecular flexibility index (Phi) is 3.05. The molecule has 1 amide bonds. The van der Waals surface area contributed by atoms with Gasteiger partial charge in [-0.3, -0.25) is 4.79 Å². The second-order valence-corrected chi connectivity index (χ2v) is 5.62. The van der Waals surface area contributed by atoms with Gasteiger partial charge < -0.3 is 9.88 Å². The van der Waals surface area contributed by atoms with Gasteiger partial charge in [0.05, 0.1) is 6.42 Å². The molecule has 0 spiro atoms. The number of fused-ring (bicyclic) bond motifs is 1. The molecule has 0 bridgehead atoms. The van der Waals surface area contributed by atoms with Gasteiger partial charge in [-0.1, -0.05) is 18.2 Å². The van der Waals surface area contributed by atoms with Crippen LogP contribution >= 0.6 is 0 Å². The molecule has 19 heavy (non-hydrogen) atoms. The first-order valence-electron chi connectivity index (χ1n) is 6.97. The van der Waals surface area contributed by atoms with Gasteiger partial charge in [-0.25, -0.2) is 0 Å². The summed E-state index contributed by atoms with van der Waals surface area (Å²) in [6.45, 7) is 2.16. The van der Waals surface area contributed by atoms with Crippen molar-refractivity contribution in [3.05, 3.63) is 36.0 Å². The van der Waals surface area contributed by atoms with Crippen LogP contribution in [0.2, 0.25) is 0 Å². The van der Waals surface area contributed by atoms with Crippen LogP contribution in [-0.4, -0.2) is 28.9 Å². The van der Waals surface area contributed by atoms with Crippen molar-refractivity contribution < 1.29 is 4.79 Å². The van der Waals surface area contributed by atoms with Gasteiger partial charge >= 0.3 is 0 Å². The van der Waals surface area contributed by atoms with E-state index in [1.807, 2.05) is 36.3 Å². The molecular formula is C16H20N2O. The highest BCUT2D eigenvalue weighted by atomic mass is 16.2. The second-order valence-electron chi connectivity index (χ2n) is 5.62. The molecule has 0 unspecified atom stereocenters. The molecule has 1 aromatic heterocycles. The van der Waals surface area contributed by atoms with E-state index >= 15 is 0 Å². The molecule has 3 rings (SSSR count). The summed E-state index contributed by atoms with van der Waals surface area (Å²) in [5.74, 6) is 0.932. The molecule has 1 saturated carbocycles. The van der Waals surface area contributed by atoms with Gasteiger partial charge in [0, 0.05) is 30.2 Å². The number of likely N-dealkylation sites (N-methyl/N-ethyl adjacent to an activating group) is 1. The SMILES string of the molecule is C[C@H](C1CC1)N(C)C(=O)Cc1c[nH]c2ccccc12. The Balaban J connectivity index is 1.75. The molecule has 1 heterocycles. The van der Waals surface area contributed by atoms with Crippen molar-refractivity contribution in [1.29, 1.82) is 0 Å². The lowest BCUT2D eigenvalue weighted by Gasteiger charge is -2.24. The largest absolute Gasteiger partial charge is 0.361 e. The van der Waals surface area contributed by atoms with Gasteiger partial charge in [-0.05, 0) is 37.3 Å². The highest BCUT2D eigenvalue weighted by Crippen LogP contribution is 2.34. The van der Waals surface area contributed by atoms with Crippen LogP contribution in [0.1, 0.15) is 25.3 Å². The maximum Gasteiger partial charge on any atom is 0.227 e. The molecule has 0 radical (unpaired) electrons. The third-order valence-corrected chi connectivity index (χ3v) is 4.33. The van der Waals surface area contributed by atoms with Crippen molar-refractivity contribution >= 4 is 16.8 Å². The van der Waals surface area contributed by atoms with Gasteiger partial charge in [0.25, 0.3) is 0 Å². The van der Waals surface area contributed by atoms with Crippen molar-refractivity contribution in [2.24, 2.45) is 5.92 Å². The van der Waals surface area contributed by atoms with E-state index in [-0.39, 0.29) is 5.91 Å². The lowest BCUT2D eigenvalue weighted by Crippen LogP contribution is -2.37. The van der Waals surface area contributed by atoms with Gasteiger partial charge in [0.15, 0.2) is 0 Å². The molecule has 0 aliphatic heterocycles. The zero-order valence-electron chi connectivity index (χ0n) is 11.5. The van der Waals surface area contributed by atoms with Crippen molar-refractivity contribution in [2.75, 3.05) is 7.05 Å². The Morgan fingerprint density at radius 1 is 1.42 bits per heavy atom. The third kappa shape index (κ3) is 2.37. The number of aromatic nitrogens is 1. The number of benzene rings is 1. The Labute approximate surface area is 113 Å². The lowest BCUT2D eigenvalue weighted by atomic mass is 10.1. The van der Waals surface area contributed by atoms with Gasteiger partial charge in [-0.2, -0.15) is 0 Å². The molecule has 1 fully saturated rings. The number of amides is 1. The molecule has 1 aromatic carbocycles. The monoisotopic (exact) mass is 256 g/mol. The summed E-state index contributed by atoms with van der Waals surface area (Å²) in [6, 6.07) is 8.50. The summed E-state index contributed by atoms with van der Waals surface area (Å²) in [7, 11) is 1.93. The average molecular weight is 256 g/mol. The van der Waals surface area contributed by atoms with Crippen LogP contribution < -0.4 is 0 Å². The highest BCUT2D eigenvalue weighted by molar-refractivity contribution is 5.88. The normalized spacial score (nSPS) is 16.5. The number of aromatic amines is 1. The number of hydrogen-bond acceptors (Lipinski definition) is 1. The number of rotatable bonds is 4. The molecule has 1 aliphatic carbocycles. The van der Waals surface area contributed by atoms with E-state index in [2.05, 4.69) is 18.0 Å². The number of nitrogens with one attached hydrogen (secondary N) is 1. The van der Waals surface area contributed by atoms with E-state index in [9.17, 15) is 4.79 Å².